The van der Waals surface area contributed by atoms with E-state index in [4.69, 9.17) is 25.8 Å². The molecule has 0 aliphatic carbocycles. The molecule has 1 saturated heterocycles. The third kappa shape index (κ3) is 8.04. The fourth-order valence-corrected chi connectivity index (χ4v) is 4.25. The predicted octanol–water partition coefficient (Wildman–Crippen LogP) is 6.02. The van der Waals surface area contributed by atoms with Gasteiger partial charge in [0, 0.05) is 18.5 Å². The second-order valence-electron chi connectivity index (χ2n) is 11.0. The zero-order valence-corrected chi connectivity index (χ0v) is 22.9. The highest BCUT2D eigenvalue weighted by Gasteiger charge is 2.27. The molecular formula is C29H40ClNO5. The van der Waals surface area contributed by atoms with Crippen LogP contribution in [0.25, 0.3) is 0 Å². The molecule has 6 nitrogen and oxygen atoms in total. The number of aliphatic hydroxyl groups is 1. The zero-order chi connectivity index (χ0) is 26.3. The number of carbonyl (C=O) groups is 1. The maximum atomic E-state index is 12.2. The highest BCUT2D eigenvalue weighted by molar-refractivity contribution is 6.18. The number of hydrogen-bond acceptors (Lipinski definition) is 5. The average molecular weight is 518 g/mol. The van der Waals surface area contributed by atoms with Crippen LogP contribution in [-0.2, 0) is 10.2 Å². The van der Waals surface area contributed by atoms with E-state index in [9.17, 15) is 9.90 Å². The smallest absolute Gasteiger partial charge is 0.410 e. The van der Waals surface area contributed by atoms with Crippen LogP contribution >= 0.6 is 11.6 Å². The average Bonchev–Trinajstić information content (AvgIpc) is 2.85. The third-order valence-electron chi connectivity index (χ3n) is 6.52. The van der Waals surface area contributed by atoms with E-state index in [1.165, 1.54) is 5.56 Å². The Morgan fingerprint density at radius 2 is 1.44 bits per heavy atom. The zero-order valence-electron chi connectivity index (χ0n) is 22.1. The van der Waals surface area contributed by atoms with Gasteiger partial charge in [0.1, 0.15) is 29.8 Å². The molecule has 198 valence electrons. The quantitative estimate of drug-likeness (QED) is 0.412. The van der Waals surface area contributed by atoms with Gasteiger partial charge in [-0.2, -0.15) is 0 Å². The largest absolute Gasteiger partial charge is 0.493 e. The fraction of sp³-hybridized carbons (Fsp3) is 0.552. The van der Waals surface area contributed by atoms with Gasteiger partial charge in [0.2, 0.25) is 0 Å². The summed E-state index contributed by atoms with van der Waals surface area (Å²) < 4.78 is 17.1. The standard InChI is InChI=1S/C29H40ClNO5/c1-28(2,3)36-27(33)31-16-14-21(15-17-31)19-34-25-10-6-22(7-11-25)29(4,5)23-8-12-26(13-9-23)35-20-24(32)18-30/h6-13,21,24,32H,14-20H2,1-5H3/t24-/m0/s1. The van der Waals surface area contributed by atoms with Gasteiger partial charge in [-0.25, -0.2) is 4.79 Å². The molecule has 2 aromatic carbocycles. The number of ether oxygens (including phenoxy) is 3. The topological polar surface area (TPSA) is 68.2 Å². The predicted molar refractivity (Wildman–Crippen MR) is 143 cm³/mol. The van der Waals surface area contributed by atoms with Crippen LogP contribution in [0.5, 0.6) is 11.5 Å². The summed E-state index contributed by atoms with van der Waals surface area (Å²) >= 11 is 5.62. The summed E-state index contributed by atoms with van der Waals surface area (Å²) in [4.78, 5) is 14.0. The van der Waals surface area contributed by atoms with Crippen molar-refractivity contribution in [3.8, 4) is 11.5 Å². The van der Waals surface area contributed by atoms with Crippen molar-refractivity contribution in [2.45, 2.75) is 64.6 Å². The second-order valence-corrected chi connectivity index (χ2v) is 11.3. The lowest BCUT2D eigenvalue weighted by Gasteiger charge is -2.33. The number of piperidine rings is 1. The Morgan fingerprint density at radius 3 is 1.92 bits per heavy atom. The molecule has 1 heterocycles. The molecule has 1 amide bonds. The van der Waals surface area contributed by atoms with Gasteiger partial charge in [0.25, 0.3) is 0 Å². The van der Waals surface area contributed by atoms with Gasteiger partial charge in [-0.05, 0) is 74.9 Å². The molecule has 2 aromatic rings. The minimum atomic E-state index is -0.673. The number of halogens is 1. The minimum Gasteiger partial charge on any atom is -0.493 e. The molecule has 1 aliphatic heterocycles. The van der Waals surface area contributed by atoms with E-state index in [-0.39, 0.29) is 24.0 Å². The lowest BCUT2D eigenvalue weighted by molar-refractivity contribution is 0.0165. The van der Waals surface area contributed by atoms with Crippen molar-refractivity contribution in [2.24, 2.45) is 5.92 Å². The summed E-state index contributed by atoms with van der Waals surface area (Å²) in [6.45, 7) is 12.3. The van der Waals surface area contributed by atoms with E-state index in [1.807, 2.05) is 45.0 Å². The molecule has 3 rings (SSSR count). The molecule has 1 atom stereocenters. The van der Waals surface area contributed by atoms with Crippen molar-refractivity contribution in [1.29, 1.82) is 0 Å². The molecule has 0 aromatic heterocycles. The molecule has 0 spiro atoms. The van der Waals surface area contributed by atoms with Gasteiger partial charge >= 0.3 is 6.09 Å². The molecule has 0 unspecified atom stereocenters. The summed E-state index contributed by atoms with van der Waals surface area (Å²) in [6, 6.07) is 16.2. The lowest BCUT2D eigenvalue weighted by atomic mass is 9.78. The molecule has 0 saturated carbocycles. The first-order valence-corrected chi connectivity index (χ1v) is 13.2. The summed E-state index contributed by atoms with van der Waals surface area (Å²) in [5.41, 5.74) is 1.69. The molecule has 0 radical (unpaired) electrons. The first-order chi connectivity index (χ1) is 17.0. The number of amides is 1. The third-order valence-corrected chi connectivity index (χ3v) is 6.88. The highest BCUT2D eigenvalue weighted by atomic mass is 35.5. The van der Waals surface area contributed by atoms with Crippen LogP contribution in [0.4, 0.5) is 4.79 Å². The number of alkyl halides is 1. The van der Waals surface area contributed by atoms with Gasteiger partial charge < -0.3 is 24.2 Å². The van der Waals surface area contributed by atoms with Crippen LogP contribution < -0.4 is 9.47 Å². The van der Waals surface area contributed by atoms with Crippen LogP contribution in [0.3, 0.4) is 0 Å². The van der Waals surface area contributed by atoms with Gasteiger partial charge in [0.05, 0.1) is 12.5 Å². The van der Waals surface area contributed by atoms with E-state index in [0.717, 1.165) is 24.2 Å². The van der Waals surface area contributed by atoms with Crippen molar-refractivity contribution in [3.05, 3.63) is 59.7 Å². The molecule has 1 N–H and O–H groups in total. The SMILES string of the molecule is CC(C)(C)OC(=O)N1CCC(COc2ccc(C(C)(C)c3ccc(OC[C@@H](O)CCl)cc3)cc2)CC1. The Balaban J connectivity index is 1.49. The maximum absolute atomic E-state index is 12.2. The molecule has 1 fully saturated rings. The van der Waals surface area contributed by atoms with Crippen molar-refractivity contribution in [1.82, 2.24) is 4.90 Å². The number of likely N-dealkylation sites (tertiary alicyclic amines) is 1. The second kappa shape index (κ2) is 12.2. The number of rotatable bonds is 9. The number of carbonyl (C=O) groups excluding carboxylic acids is 1. The number of benzene rings is 2. The van der Waals surface area contributed by atoms with Crippen molar-refractivity contribution in [3.63, 3.8) is 0 Å². The Hall–Kier alpha value is -2.44. The molecule has 36 heavy (non-hydrogen) atoms. The van der Waals surface area contributed by atoms with E-state index in [1.54, 1.807) is 4.90 Å². The Bertz CT molecular complexity index is 961. The van der Waals surface area contributed by atoms with E-state index in [0.29, 0.717) is 31.4 Å². The lowest BCUT2D eigenvalue weighted by Crippen LogP contribution is -2.42. The van der Waals surface area contributed by atoms with E-state index in [2.05, 4.69) is 38.1 Å². The van der Waals surface area contributed by atoms with Crippen molar-refractivity contribution >= 4 is 17.7 Å². The molecular weight excluding hydrogens is 478 g/mol. The van der Waals surface area contributed by atoms with Crippen LogP contribution in [-0.4, -0.2) is 60.0 Å². The van der Waals surface area contributed by atoms with Crippen LogP contribution in [0.1, 0.15) is 58.6 Å². The monoisotopic (exact) mass is 517 g/mol. The minimum absolute atomic E-state index is 0.151. The number of hydrogen-bond donors (Lipinski definition) is 1. The van der Waals surface area contributed by atoms with Gasteiger partial charge in [-0.3, -0.25) is 0 Å². The highest BCUT2D eigenvalue weighted by Crippen LogP contribution is 2.33. The van der Waals surface area contributed by atoms with Gasteiger partial charge in [-0.15, -0.1) is 11.6 Å². The summed E-state index contributed by atoms with van der Waals surface area (Å²) in [6.07, 6.45) is 0.921. The number of aliphatic hydroxyl groups excluding tert-OH is 1. The normalized spacial score (nSPS) is 15.9. The van der Waals surface area contributed by atoms with E-state index >= 15 is 0 Å². The number of nitrogens with zero attached hydrogens (tertiary/aromatic N) is 1. The Kier molecular flexibility index (Phi) is 9.53. The van der Waals surface area contributed by atoms with Gasteiger partial charge in [0.15, 0.2) is 0 Å². The summed E-state index contributed by atoms with van der Waals surface area (Å²) in [7, 11) is 0. The summed E-state index contributed by atoms with van der Waals surface area (Å²) in [5, 5.41) is 9.56. The maximum Gasteiger partial charge on any atom is 0.410 e. The first-order valence-electron chi connectivity index (χ1n) is 12.7. The van der Waals surface area contributed by atoms with Crippen molar-refractivity contribution in [2.75, 3.05) is 32.2 Å². The van der Waals surface area contributed by atoms with E-state index < -0.39 is 11.7 Å². The fourth-order valence-electron chi connectivity index (χ4n) is 4.16. The van der Waals surface area contributed by atoms with Crippen LogP contribution in [0.15, 0.2) is 48.5 Å². The molecule has 7 heteroatoms. The van der Waals surface area contributed by atoms with Crippen LogP contribution in [0, 0.1) is 5.92 Å². The summed E-state index contributed by atoms with van der Waals surface area (Å²) in [5.74, 6) is 2.13. The Morgan fingerprint density at radius 1 is 0.944 bits per heavy atom. The molecule has 0 bridgehead atoms. The van der Waals surface area contributed by atoms with Crippen molar-refractivity contribution < 1.29 is 24.1 Å². The Labute approximate surface area is 220 Å². The van der Waals surface area contributed by atoms with Crippen LogP contribution in [0.2, 0.25) is 0 Å². The first kappa shape index (κ1) is 28.1. The van der Waals surface area contributed by atoms with Gasteiger partial charge in [-0.1, -0.05) is 38.1 Å². The molecule has 1 aliphatic rings.